The number of aryl methyl sites for hydroxylation is 1. The van der Waals surface area contributed by atoms with Crippen molar-refractivity contribution in [3.05, 3.63) is 29.3 Å². The summed E-state index contributed by atoms with van der Waals surface area (Å²) in [6.45, 7) is 1.80. The first-order valence-electron chi connectivity index (χ1n) is 6.40. The molecule has 114 valence electrons. The lowest BCUT2D eigenvalue weighted by atomic mass is 10.1. The van der Waals surface area contributed by atoms with Crippen molar-refractivity contribution >= 4 is 21.9 Å². The molecule has 0 aliphatic carbocycles. The fourth-order valence-electron chi connectivity index (χ4n) is 2.44. The molecule has 0 aromatic heterocycles. The number of carboxylic acids is 1. The first-order valence-corrected chi connectivity index (χ1v) is 7.84. The van der Waals surface area contributed by atoms with Crippen molar-refractivity contribution in [2.75, 3.05) is 6.54 Å². The van der Waals surface area contributed by atoms with E-state index in [0.29, 0.717) is 12.0 Å². The first kappa shape index (κ1) is 15.5. The molecule has 0 spiro atoms. The van der Waals surface area contributed by atoms with Crippen molar-refractivity contribution in [3.8, 4) is 0 Å². The first-order chi connectivity index (χ1) is 9.75. The minimum atomic E-state index is -3.96. The zero-order valence-corrected chi connectivity index (χ0v) is 12.3. The molecular formula is C13H16N2O5S. The maximum absolute atomic E-state index is 12.5. The van der Waals surface area contributed by atoms with Gasteiger partial charge in [-0.25, -0.2) is 8.42 Å². The number of carbonyl (C=O) groups excluding carboxylic acids is 1. The third-order valence-corrected chi connectivity index (χ3v) is 5.47. The van der Waals surface area contributed by atoms with Gasteiger partial charge in [0.25, 0.3) is 0 Å². The SMILES string of the molecule is Cc1ccc(S(=O)(=O)N2CCCC2C(=O)O)cc1C(N)=O. The van der Waals surface area contributed by atoms with Gasteiger partial charge in [0, 0.05) is 12.1 Å². The highest BCUT2D eigenvalue weighted by Crippen LogP contribution is 2.27. The van der Waals surface area contributed by atoms with E-state index in [0.717, 1.165) is 4.31 Å². The number of rotatable bonds is 4. The summed E-state index contributed by atoms with van der Waals surface area (Å²) in [7, 11) is -3.96. The fraction of sp³-hybridized carbons (Fsp3) is 0.385. The Labute approximate surface area is 122 Å². The molecule has 0 radical (unpaired) electrons. The predicted molar refractivity (Wildman–Crippen MR) is 74.2 cm³/mol. The summed E-state index contributed by atoms with van der Waals surface area (Å²) in [5.41, 5.74) is 5.89. The molecule has 7 nitrogen and oxygen atoms in total. The molecule has 0 bridgehead atoms. The molecule has 1 aliphatic heterocycles. The number of sulfonamides is 1. The second-order valence-corrected chi connectivity index (χ2v) is 6.84. The van der Waals surface area contributed by atoms with Gasteiger partial charge in [-0.15, -0.1) is 0 Å². The lowest BCUT2D eigenvalue weighted by Crippen LogP contribution is -2.40. The van der Waals surface area contributed by atoms with Crippen LogP contribution in [0.25, 0.3) is 0 Å². The summed E-state index contributed by atoms with van der Waals surface area (Å²) in [5.74, 6) is -1.89. The number of carbonyl (C=O) groups is 2. The lowest BCUT2D eigenvalue weighted by Gasteiger charge is -2.21. The Kier molecular flexibility index (Phi) is 4.02. The van der Waals surface area contributed by atoms with E-state index in [2.05, 4.69) is 0 Å². The molecule has 0 saturated carbocycles. The van der Waals surface area contributed by atoms with Gasteiger partial charge in [-0.05, 0) is 37.5 Å². The molecule has 1 fully saturated rings. The fourth-order valence-corrected chi connectivity index (χ4v) is 4.11. The highest BCUT2D eigenvalue weighted by Gasteiger charge is 2.39. The number of hydrogen-bond donors (Lipinski definition) is 2. The van der Waals surface area contributed by atoms with Gasteiger partial charge < -0.3 is 10.8 Å². The Bertz CT molecular complexity index is 699. The molecule has 1 saturated heterocycles. The highest BCUT2D eigenvalue weighted by atomic mass is 32.2. The standard InChI is InChI=1S/C13H16N2O5S/c1-8-4-5-9(7-10(8)12(14)16)21(19,20)15-6-2-3-11(15)13(17)18/h4-5,7,11H,2-3,6H2,1H3,(H2,14,16)(H,17,18). The van der Waals surface area contributed by atoms with Gasteiger partial charge in [-0.3, -0.25) is 9.59 Å². The average molecular weight is 312 g/mol. The number of hydrogen-bond acceptors (Lipinski definition) is 4. The Morgan fingerprint density at radius 1 is 1.38 bits per heavy atom. The van der Waals surface area contributed by atoms with Crippen LogP contribution in [-0.2, 0) is 14.8 Å². The zero-order chi connectivity index (χ0) is 15.8. The average Bonchev–Trinajstić information content (AvgIpc) is 2.88. The van der Waals surface area contributed by atoms with Crippen LogP contribution < -0.4 is 5.73 Å². The Morgan fingerprint density at radius 3 is 2.62 bits per heavy atom. The summed E-state index contributed by atoms with van der Waals surface area (Å²) < 4.78 is 26.1. The van der Waals surface area contributed by atoms with Crippen LogP contribution in [0.4, 0.5) is 0 Å². The van der Waals surface area contributed by atoms with E-state index in [1.165, 1.54) is 18.2 Å². The number of carboxylic acid groups (broad SMARTS) is 1. The van der Waals surface area contributed by atoms with E-state index in [1.807, 2.05) is 0 Å². The van der Waals surface area contributed by atoms with Crippen LogP contribution in [0.3, 0.4) is 0 Å². The van der Waals surface area contributed by atoms with Crippen LogP contribution in [0.2, 0.25) is 0 Å². The van der Waals surface area contributed by atoms with Crippen LogP contribution in [0.1, 0.15) is 28.8 Å². The summed E-state index contributed by atoms with van der Waals surface area (Å²) in [4.78, 5) is 22.3. The van der Waals surface area contributed by atoms with Gasteiger partial charge in [-0.2, -0.15) is 4.31 Å². The highest BCUT2D eigenvalue weighted by molar-refractivity contribution is 7.89. The largest absolute Gasteiger partial charge is 0.480 e. The minimum absolute atomic E-state index is 0.113. The molecule has 8 heteroatoms. The number of amides is 1. The molecule has 2 rings (SSSR count). The monoisotopic (exact) mass is 312 g/mol. The van der Waals surface area contributed by atoms with E-state index in [9.17, 15) is 18.0 Å². The summed E-state index contributed by atoms with van der Waals surface area (Å²) in [6, 6.07) is 2.98. The number of nitrogens with two attached hydrogens (primary N) is 1. The number of benzene rings is 1. The molecule has 1 aromatic rings. The van der Waals surface area contributed by atoms with Crippen molar-refractivity contribution < 1.29 is 23.1 Å². The Morgan fingerprint density at radius 2 is 2.05 bits per heavy atom. The number of nitrogens with zero attached hydrogens (tertiary/aromatic N) is 1. The van der Waals surface area contributed by atoms with Gasteiger partial charge in [0.05, 0.1) is 4.90 Å². The molecule has 1 aromatic carbocycles. The van der Waals surface area contributed by atoms with E-state index in [1.54, 1.807) is 6.92 Å². The molecule has 1 aliphatic rings. The third-order valence-electron chi connectivity index (χ3n) is 3.57. The van der Waals surface area contributed by atoms with E-state index in [4.69, 9.17) is 10.8 Å². The smallest absolute Gasteiger partial charge is 0.322 e. The van der Waals surface area contributed by atoms with Gasteiger partial charge in [0.2, 0.25) is 15.9 Å². The lowest BCUT2D eigenvalue weighted by molar-refractivity contribution is -0.140. The quantitative estimate of drug-likeness (QED) is 0.830. The van der Waals surface area contributed by atoms with Crippen molar-refractivity contribution in [1.29, 1.82) is 0 Å². The Balaban J connectivity index is 2.47. The van der Waals surface area contributed by atoms with Crippen molar-refractivity contribution in [2.45, 2.75) is 30.7 Å². The zero-order valence-electron chi connectivity index (χ0n) is 11.4. The topological polar surface area (TPSA) is 118 Å². The summed E-state index contributed by atoms with van der Waals surface area (Å²) in [6.07, 6.45) is 0.772. The molecule has 1 amide bonds. The third kappa shape index (κ3) is 2.77. The van der Waals surface area contributed by atoms with Gasteiger partial charge in [0.15, 0.2) is 0 Å². The van der Waals surface area contributed by atoms with E-state index < -0.39 is 27.9 Å². The van der Waals surface area contributed by atoms with Crippen molar-refractivity contribution in [2.24, 2.45) is 5.73 Å². The molecule has 3 N–H and O–H groups in total. The van der Waals surface area contributed by atoms with Crippen molar-refractivity contribution in [1.82, 2.24) is 4.31 Å². The number of primary amides is 1. The predicted octanol–water partition coefficient (Wildman–Crippen LogP) is 0.332. The molecule has 1 atom stereocenters. The van der Waals surface area contributed by atoms with E-state index in [-0.39, 0.29) is 23.4 Å². The number of aliphatic carboxylic acids is 1. The van der Waals surface area contributed by atoms with Crippen LogP contribution in [0.5, 0.6) is 0 Å². The maximum Gasteiger partial charge on any atom is 0.322 e. The molecule has 21 heavy (non-hydrogen) atoms. The van der Waals surface area contributed by atoms with Crippen LogP contribution in [0.15, 0.2) is 23.1 Å². The normalized spacial score (nSPS) is 19.6. The van der Waals surface area contributed by atoms with Gasteiger partial charge >= 0.3 is 5.97 Å². The molecule has 1 heterocycles. The summed E-state index contributed by atoms with van der Waals surface area (Å²) >= 11 is 0. The van der Waals surface area contributed by atoms with Gasteiger partial charge in [-0.1, -0.05) is 6.07 Å². The van der Waals surface area contributed by atoms with Crippen LogP contribution in [-0.4, -0.2) is 42.3 Å². The second-order valence-electron chi connectivity index (χ2n) is 4.95. The minimum Gasteiger partial charge on any atom is -0.480 e. The van der Waals surface area contributed by atoms with Gasteiger partial charge in [0.1, 0.15) is 6.04 Å². The van der Waals surface area contributed by atoms with E-state index >= 15 is 0 Å². The second kappa shape index (κ2) is 5.45. The van der Waals surface area contributed by atoms with Crippen molar-refractivity contribution in [3.63, 3.8) is 0 Å². The molecular weight excluding hydrogens is 296 g/mol. The van der Waals surface area contributed by atoms with Crippen LogP contribution in [0, 0.1) is 6.92 Å². The van der Waals surface area contributed by atoms with Crippen LogP contribution >= 0.6 is 0 Å². The maximum atomic E-state index is 12.5. The molecule has 1 unspecified atom stereocenters. The Hall–Kier alpha value is -1.93. The summed E-state index contributed by atoms with van der Waals surface area (Å²) in [5, 5.41) is 9.10.